The van der Waals surface area contributed by atoms with Crippen LogP contribution in [-0.2, 0) is 6.42 Å². The monoisotopic (exact) mass is 249 g/mol. The highest BCUT2D eigenvalue weighted by Crippen LogP contribution is 2.27. The average molecular weight is 249 g/mol. The lowest BCUT2D eigenvalue weighted by atomic mass is 10.1. The summed E-state index contributed by atoms with van der Waals surface area (Å²) in [5.41, 5.74) is 7.40. The van der Waals surface area contributed by atoms with Crippen LogP contribution < -0.4 is 5.73 Å². The Kier molecular flexibility index (Phi) is 3.64. The van der Waals surface area contributed by atoms with Crippen molar-refractivity contribution in [3.8, 4) is 0 Å². The Morgan fingerprint density at radius 1 is 1.35 bits per heavy atom. The summed E-state index contributed by atoms with van der Waals surface area (Å²) in [5.74, 6) is 0. The van der Waals surface area contributed by atoms with Gasteiger partial charge in [-0.1, -0.05) is 6.92 Å². The van der Waals surface area contributed by atoms with E-state index in [1.165, 1.54) is 9.75 Å². The van der Waals surface area contributed by atoms with Crippen LogP contribution in [0.25, 0.3) is 0 Å². The summed E-state index contributed by atoms with van der Waals surface area (Å²) >= 11 is 1.79. The van der Waals surface area contributed by atoms with Crippen LogP contribution in [0, 0.1) is 0 Å². The van der Waals surface area contributed by atoms with Crippen LogP contribution in [-0.4, -0.2) is 9.78 Å². The molecule has 0 bridgehead atoms. The van der Waals surface area contributed by atoms with Crippen molar-refractivity contribution in [1.82, 2.24) is 9.78 Å². The van der Waals surface area contributed by atoms with Gasteiger partial charge >= 0.3 is 0 Å². The van der Waals surface area contributed by atoms with Gasteiger partial charge < -0.3 is 5.73 Å². The first-order valence-electron chi connectivity index (χ1n) is 6.01. The quantitative estimate of drug-likeness (QED) is 0.904. The smallest absolute Gasteiger partial charge is 0.0817 e. The van der Waals surface area contributed by atoms with Gasteiger partial charge in [0, 0.05) is 22.0 Å². The Balaban J connectivity index is 2.30. The molecule has 1 unspecified atom stereocenters. The minimum absolute atomic E-state index is 0.0646. The molecule has 1 atom stereocenters. The fourth-order valence-corrected chi connectivity index (χ4v) is 2.87. The van der Waals surface area contributed by atoms with Crippen LogP contribution in [0.15, 0.2) is 24.4 Å². The maximum Gasteiger partial charge on any atom is 0.0817 e. The van der Waals surface area contributed by atoms with E-state index >= 15 is 0 Å². The van der Waals surface area contributed by atoms with Gasteiger partial charge in [0.2, 0.25) is 0 Å². The Labute approximate surface area is 106 Å². The van der Waals surface area contributed by atoms with E-state index in [1.807, 2.05) is 16.9 Å². The summed E-state index contributed by atoms with van der Waals surface area (Å²) in [6.45, 7) is 6.41. The zero-order valence-electron chi connectivity index (χ0n) is 10.6. The van der Waals surface area contributed by atoms with E-state index in [-0.39, 0.29) is 6.04 Å². The lowest BCUT2D eigenvalue weighted by Gasteiger charge is -2.15. The number of aromatic nitrogens is 2. The molecular formula is C13H19N3S. The predicted octanol–water partition coefficient (Wildman–Crippen LogP) is 3.14. The topological polar surface area (TPSA) is 43.8 Å². The average Bonchev–Trinajstić information content (AvgIpc) is 2.97. The zero-order chi connectivity index (χ0) is 12.4. The van der Waals surface area contributed by atoms with Gasteiger partial charge in [-0.25, -0.2) is 0 Å². The normalized spacial score (nSPS) is 13.2. The molecule has 0 radical (unpaired) electrons. The Morgan fingerprint density at radius 3 is 2.71 bits per heavy atom. The summed E-state index contributed by atoms with van der Waals surface area (Å²) in [6, 6.07) is 6.58. The van der Waals surface area contributed by atoms with Crippen LogP contribution >= 0.6 is 11.3 Å². The molecule has 0 saturated heterocycles. The molecule has 0 aliphatic rings. The summed E-state index contributed by atoms with van der Waals surface area (Å²) in [6.07, 6.45) is 2.89. The molecule has 0 amide bonds. The third-order valence-corrected chi connectivity index (χ3v) is 4.16. The molecule has 2 aromatic rings. The summed E-state index contributed by atoms with van der Waals surface area (Å²) in [4.78, 5) is 2.59. The molecule has 3 nitrogen and oxygen atoms in total. The second-order valence-electron chi connectivity index (χ2n) is 4.43. The van der Waals surface area contributed by atoms with E-state index in [1.54, 1.807) is 11.3 Å². The standard InChI is InChI=1S/C13H19N3S/c1-4-10-5-6-12(17-10)13(14)11-7-8-15-16(11)9(2)3/h5-9,13H,4,14H2,1-3H3. The predicted molar refractivity (Wildman–Crippen MR) is 72.3 cm³/mol. The second kappa shape index (κ2) is 5.02. The summed E-state index contributed by atoms with van der Waals surface area (Å²) < 4.78 is 2.00. The zero-order valence-corrected chi connectivity index (χ0v) is 11.4. The van der Waals surface area contributed by atoms with Gasteiger partial charge in [0.1, 0.15) is 0 Å². The maximum absolute atomic E-state index is 6.32. The highest BCUT2D eigenvalue weighted by Gasteiger charge is 2.17. The van der Waals surface area contributed by atoms with Gasteiger partial charge in [-0.05, 0) is 38.5 Å². The Hall–Kier alpha value is -1.13. The van der Waals surface area contributed by atoms with Gasteiger partial charge in [0.15, 0.2) is 0 Å². The van der Waals surface area contributed by atoms with E-state index in [0.29, 0.717) is 6.04 Å². The van der Waals surface area contributed by atoms with Crippen molar-refractivity contribution in [2.75, 3.05) is 0 Å². The lowest BCUT2D eigenvalue weighted by Crippen LogP contribution is -2.17. The molecule has 0 aliphatic heterocycles. The van der Waals surface area contributed by atoms with Crippen molar-refractivity contribution in [3.05, 3.63) is 39.8 Å². The van der Waals surface area contributed by atoms with Crippen LogP contribution in [0.3, 0.4) is 0 Å². The van der Waals surface area contributed by atoms with Gasteiger partial charge in [0.05, 0.1) is 11.7 Å². The number of aryl methyl sites for hydroxylation is 1. The van der Waals surface area contributed by atoms with Crippen molar-refractivity contribution in [2.45, 2.75) is 39.3 Å². The first kappa shape index (κ1) is 12.3. The number of rotatable bonds is 4. The molecule has 4 heteroatoms. The van der Waals surface area contributed by atoms with Gasteiger partial charge in [-0.2, -0.15) is 5.10 Å². The first-order chi connectivity index (χ1) is 8.13. The molecule has 2 N–H and O–H groups in total. The van der Waals surface area contributed by atoms with Crippen molar-refractivity contribution in [1.29, 1.82) is 0 Å². The first-order valence-corrected chi connectivity index (χ1v) is 6.82. The van der Waals surface area contributed by atoms with E-state index in [0.717, 1.165) is 12.1 Å². The molecular weight excluding hydrogens is 230 g/mol. The van der Waals surface area contributed by atoms with Crippen LogP contribution in [0.1, 0.15) is 48.3 Å². The Bertz CT molecular complexity index is 484. The van der Waals surface area contributed by atoms with E-state index < -0.39 is 0 Å². The minimum Gasteiger partial charge on any atom is -0.318 e. The van der Waals surface area contributed by atoms with Crippen molar-refractivity contribution in [3.63, 3.8) is 0 Å². The second-order valence-corrected chi connectivity index (χ2v) is 5.63. The van der Waals surface area contributed by atoms with Crippen molar-refractivity contribution >= 4 is 11.3 Å². The molecule has 0 fully saturated rings. The fourth-order valence-electron chi connectivity index (χ4n) is 1.90. The SMILES string of the molecule is CCc1ccc(C(N)c2ccnn2C(C)C)s1. The molecule has 2 rings (SSSR count). The van der Waals surface area contributed by atoms with E-state index in [2.05, 4.69) is 38.0 Å². The Morgan fingerprint density at radius 2 is 2.12 bits per heavy atom. The number of thiophene rings is 1. The molecule has 0 spiro atoms. The summed E-state index contributed by atoms with van der Waals surface area (Å²) in [5, 5.41) is 4.33. The van der Waals surface area contributed by atoms with Crippen molar-refractivity contribution in [2.24, 2.45) is 5.73 Å². The highest BCUT2D eigenvalue weighted by atomic mass is 32.1. The highest BCUT2D eigenvalue weighted by molar-refractivity contribution is 7.12. The van der Waals surface area contributed by atoms with E-state index in [4.69, 9.17) is 5.73 Å². The van der Waals surface area contributed by atoms with Gasteiger partial charge in [-0.3, -0.25) is 4.68 Å². The van der Waals surface area contributed by atoms with Crippen LogP contribution in [0.4, 0.5) is 0 Å². The van der Waals surface area contributed by atoms with E-state index in [9.17, 15) is 0 Å². The lowest BCUT2D eigenvalue weighted by molar-refractivity contribution is 0.500. The summed E-state index contributed by atoms with van der Waals surface area (Å²) in [7, 11) is 0. The van der Waals surface area contributed by atoms with Gasteiger partial charge in [0.25, 0.3) is 0 Å². The number of nitrogens with zero attached hydrogens (tertiary/aromatic N) is 2. The largest absolute Gasteiger partial charge is 0.318 e. The molecule has 2 aromatic heterocycles. The molecule has 0 aromatic carbocycles. The van der Waals surface area contributed by atoms with Crippen LogP contribution in [0.5, 0.6) is 0 Å². The fraction of sp³-hybridized carbons (Fsp3) is 0.462. The number of hydrogen-bond acceptors (Lipinski definition) is 3. The maximum atomic E-state index is 6.32. The van der Waals surface area contributed by atoms with Crippen LogP contribution in [0.2, 0.25) is 0 Å². The molecule has 17 heavy (non-hydrogen) atoms. The van der Waals surface area contributed by atoms with Crippen molar-refractivity contribution < 1.29 is 0 Å². The third-order valence-electron chi connectivity index (χ3n) is 2.85. The molecule has 2 heterocycles. The number of nitrogens with two attached hydrogens (primary N) is 1. The third kappa shape index (κ3) is 2.42. The minimum atomic E-state index is -0.0646. The number of hydrogen-bond donors (Lipinski definition) is 1. The molecule has 92 valence electrons. The molecule has 0 saturated carbocycles. The molecule has 0 aliphatic carbocycles. The van der Waals surface area contributed by atoms with Gasteiger partial charge in [-0.15, -0.1) is 11.3 Å².